The average molecular weight is 165 g/mol. The highest BCUT2D eigenvalue weighted by Gasteiger charge is 2.05. The molecule has 0 saturated carbocycles. The van der Waals surface area contributed by atoms with Crippen LogP contribution in [-0.2, 0) is 9.94 Å². The highest BCUT2D eigenvalue weighted by Crippen LogP contribution is 1.97. The van der Waals surface area contributed by atoms with Gasteiger partial charge in [0.1, 0.15) is 0 Å². The molecule has 0 aliphatic rings. The van der Waals surface area contributed by atoms with Crippen molar-refractivity contribution in [3.05, 3.63) is 35.9 Å². The Hall–Kier alpha value is -1.39. The van der Waals surface area contributed by atoms with Gasteiger partial charge in [-0.05, 0) is 12.1 Å². The summed E-state index contributed by atoms with van der Waals surface area (Å²) in [7, 11) is 0. The van der Waals surface area contributed by atoms with E-state index in [9.17, 15) is 9.90 Å². The summed E-state index contributed by atoms with van der Waals surface area (Å²) in [6.07, 6.45) is 0. The zero-order chi connectivity index (χ0) is 8.81. The standard InChI is InChI=1S/C8H7NO3/c10-6-12-9-8(11)7-4-2-1-3-5-7/h1-5H,6H2. The van der Waals surface area contributed by atoms with E-state index in [1.165, 1.54) is 0 Å². The van der Waals surface area contributed by atoms with E-state index in [0.29, 0.717) is 5.56 Å². The lowest BCUT2D eigenvalue weighted by molar-refractivity contribution is -0.0863. The first-order valence-electron chi connectivity index (χ1n) is 3.35. The van der Waals surface area contributed by atoms with E-state index in [1.807, 2.05) is 0 Å². The minimum atomic E-state index is -0.835. The molecule has 1 amide bonds. The summed E-state index contributed by atoms with van der Waals surface area (Å²) in [5, 5.41) is 9.80. The fourth-order valence-corrected chi connectivity index (χ4v) is 0.718. The first-order valence-corrected chi connectivity index (χ1v) is 3.35. The Labute approximate surface area is 69.7 Å². The summed E-state index contributed by atoms with van der Waals surface area (Å²) in [6, 6.07) is 8.39. The smallest absolute Gasteiger partial charge is 0.265 e. The van der Waals surface area contributed by atoms with E-state index in [1.54, 1.807) is 30.3 Å². The van der Waals surface area contributed by atoms with Gasteiger partial charge in [0, 0.05) is 5.56 Å². The lowest BCUT2D eigenvalue weighted by Crippen LogP contribution is -2.16. The van der Waals surface area contributed by atoms with Crippen LogP contribution in [0.4, 0.5) is 0 Å². The number of nitrogens with zero attached hydrogens (tertiary/aromatic N) is 1. The van der Waals surface area contributed by atoms with Crippen LogP contribution in [0.15, 0.2) is 30.3 Å². The highest BCUT2D eigenvalue weighted by atomic mass is 16.7. The highest BCUT2D eigenvalue weighted by molar-refractivity contribution is 5.93. The van der Waals surface area contributed by atoms with Crippen LogP contribution in [0, 0.1) is 0 Å². The fourth-order valence-electron chi connectivity index (χ4n) is 0.718. The third kappa shape index (κ3) is 2.34. The number of amides is 1. The summed E-state index contributed by atoms with van der Waals surface area (Å²) >= 11 is 0. The van der Waals surface area contributed by atoms with E-state index in [2.05, 4.69) is 10.3 Å². The van der Waals surface area contributed by atoms with Crippen molar-refractivity contribution in [1.29, 1.82) is 0 Å². The molecule has 62 valence electrons. The number of hydrogen-bond acceptors (Lipinski definition) is 2. The molecule has 0 saturated heterocycles. The first-order chi connectivity index (χ1) is 5.84. The van der Waals surface area contributed by atoms with Crippen LogP contribution in [0.25, 0.3) is 0 Å². The molecule has 1 aromatic rings. The van der Waals surface area contributed by atoms with E-state index >= 15 is 0 Å². The van der Waals surface area contributed by atoms with Crippen molar-refractivity contribution in [2.45, 2.75) is 0 Å². The van der Waals surface area contributed by atoms with Crippen LogP contribution in [-0.4, -0.2) is 12.7 Å². The largest absolute Gasteiger partial charge is 0.300 e. The van der Waals surface area contributed by atoms with Gasteiger partial charge in [0.2, 0.25) is 6.79 Å². The monoisotopic (exact) mass is 165 g/mol. The summed E-state index contributed by atoms with van der Waals surface area (Å²) in [5.74, 6) is -0.536. The molecule has 0 spiro atoms. The lowest BCUT2D eigenvalue weighted by atomic mass is 10.2. The van der Waals surface area contributed by atoms with Gasteiger partial charge >= 0.3 is 0 Å². The van der Waals surface area contributed by atoms with Crippen molar-refractivity contribution < 1.29 is 14.7 Å². The zero-order valence-corrected chi connectivity index (χ0v) is 6.27. The fraction of sp³-hybridized carbons (Fsp3) is 0.125. The third-order valence-electron chi connectivity index (χ3n) is 1.22. The topological polar surface area (TPSA) is 60.3 Å². The molecule has 1 rings (SSSR count). The van der Waals surface area contributed by atoms with E-state index < -0.39 is 12.7 Å². The van der Waals surface area contributed by atoms with Crippen molar-refractivity contribution in [2.24, 2.45) is 0 Å². The predicted molar refractivity (Wildman–Crippen MR) is 39.5 cm³/mol. The molecule has 0 N–H and O–H groups in total. The second-order valence-electron chi connectivity index (χ2n) is 2.01. The normalized spacial score (nSPS) is 9.42. The summed E-state index contributed by atoms with van der Waals surface area (Å²) in [5.41, 5.74) is 3.47. The average Bonchev–Trinajstić information content (AvgIpc) is 2.15. The Bertz CT molecular complexity index is 248. The van der Waals surface area contributed by atoms with Gasteiger partial charge in [-0.3, -0.25) is 4.79 Å². The quantitative estimate of drug-likeness (QED) is 0.490. The Balaban J connectivity index is 2.54. The maximum Gasteiger partial charge on any atom is 0.300 e. The minimum absolute atomic E-state index is 0.408. The first kappa shape index (κ1) is 8.70. The van der Waals surface area contributed by atoms with Crippen LogP contribution in [0.3, 0.4) is 0 Å². The van der Waals surface area contributed by atoms with Gasteiger partial charge in [0.15, 0.2) is 0 Å². The van der Waals surface area contributed by atoms with Gasteiger partial charge in [-0.1, -0.05) is 23.7 Å². The molecule has 12 heavy (non-hydrogen) atoms. The Kier molecular flexibility index (Phi) is 3.25. The zero-order valence-electron chi connectivity index (χ0n) is 6.27. The molecule has 0 unspecified atom stereocenters. The molecular weight excluding hydrogens is 158 g/mol. The molecule has 4 heteroatoms. The van der Waals surface area contributed by atoms with Crippen LogP contribution in [0.5, 0.6) is 0 Å². The van der Waals surface area contributed by atoms with Crippen molar-refractivity contribution >= 4 is 5.91 Å². The van der Waals surface area contributed by atoms with Gasteiger partial charge in [0.25, 0.3) is 5.91 Å². The molecule has 4 nitrogen and oxygen atoms in total. The number of hydroxylamine groups is 1. The third-order valence-corrected chi connectivity index (χ3v) is 1.22. The van der Waals surface area contributed by atoms with Crippen molar-refractivity contribution in [2.75, 3.05) is 6.79 Å². The SMILES string of the molecule is [O]CO[N]C(=O)c1ccccc1. The summed E-state index contributed by atoms with van der Waals surface area (Å²) < 4.78 is 0. The molecule has 1 aromatic carbocycles. The van der Waals surface area contributed by atoms with Crippen molar-refractivity contribution in [3.8, 4) is 0 Å². The van der Waals surface area contributed by atoms with Crippen LogP contribution in [0.2, 0.25) is 0 Å². The molecule has 0 aliphatic carbocycles. The number of carbonyl (C=O) groups is 1. The lowest BCUT2D eigenvalue weighted by Gasteiger charge is -1.97. The number of rotatable bonds is 3. The van der Waals surface area contributed by atoms with Gasteiger partial charge in [0.05, 0.1) is 0 Å². The van der Waals surface area contributed by atoms with Crippen molar-refractivity contribution in [3.63, 3.8) is 0 Å². The predicted octanol–water partition coefficient (Wildman–Crippen LogP) is 0.751. The molecule has 0 aromatic heterocycles. The minimum Gasteiger partial charge on any atom is -0.265 e. The van der Waals surface area contributed by atoms with Gasteiger partial charge in [-0.2, -0.15) is 0 Å². The van der Waals surface area contributed by atoms with Gasteiger partial charge in [-0.15, -0.1) is 0 Å². The maximum atomic E-state index is 11.0. The Morgan fingerprint density at radius 2 is 2.00 bits per heavy atom. The number of hydrogen-bond donors (Lipinski definition) is 0. The Morgan fingerprint density at radius 3 is 2.58 bits per heavy atom. The van der Waals surface area contributed by atoms with Gasteiger partial charge < -0.3 is 0 Å². The second-order valence-corrected chi connectivity index (χ2v) is 2.01. The van der Waals surface area contributed by atoms with E-state index in [0.717, 1.165) is 0 Å². The molecule has 0 aliphatic heterocycles. The Morgan fingerprint density at radius 1 is 1.33 bits per heavy atom. The van der Waals surface area contributed by atoms with Crippen LogP contribution in [0.1, 0.15) is 10.4 Å². The molecular formula is C8H7NO3. The summed E-state index contributed by atoms with van der Waals surface area (Å²) in [6.45, 7) is -0.835. The molecule has 0 heterocycles. The summed E-state index contributed by atoms with van der Waals surface area (Å²) in [4.78, 5) is 15.0. The van der Waals surface area contributed by atoms with Gasteiger partial charge in [-0.25, -0.2) is 9.94 Å². The molecule has 0 fully saturated rings. The second kappa shape index (κ2) is 4.48. The number of carbonyl (C=O) groups excluding carboxylic acids is 1. The van der Waals surface area contributed by atoms with Crippen molar-refractivity contribution in [1.82, 2.24) is 5.48 Å². The molecule has 0 bridgehead atoms. The number of benzene rings is 1. The van der Waals surface area contributed by atoms with Crippen LogP contribution < -0.4 is 5.48 Å². The van der Waals surface area contributed by atoms with Crippen LogP contribution >= 0.6 is 0 Å². The molecule has 0 atom stereocenters. The van der Waals surface area contributed by atoms with E-state index in [4.69, 9.17) is 0 Å². The maximum absolute atomic E-state index is 11.0. The molecule has 2 radical (unpaired) electrons. The van der Waals surface area contributed by atoms with E-state index in [-0.39, 0.29) is 0 Å².